The zero-order valence-corrected chi connectivity index (χ0v) is 78.9. The van der Waals surface area contributed by atoms with E-state index in [4.69, 9.17) is 37.9 Å². The van der Waals surface area contributed by atoms with Gasteiger partial charge in [-0.1, -0.05) is 376 Å². The molecule has 0 atom stereocenters. The largest absolute Gasteiger partial charge is 0.380 e. The van der Waals surface area contributed by atoms with Gasteiger partial charge in [-0.25, -0.2) is 0 Å². The summed E-state index contributed by atoms with van der Waals surface area (Å²) in [5.41, 5.74) is 39.4. The topological polar surface area (TPSA) is 90.9 Å². The molecule has 0 aliphatic heterocycles. The number of ether oxygens (including phenoxy) is 8. The van der Waals surface area contributed by atoms with E-state index >= 15 is 0 Å². The van der Waals surface area contributed by atoms with Crippen LogP contribution in [-0.2, 0) is 112 Å². The van der Waals surface area contributed by atoms with Gasteiger partial charge in [0, 0.05) is 68.0 Å². The Morgan fingerprint density at radius 2 is 0.360 bits per heavy atom. The second kappa shape index (κ2) is 39.8. The van der Waals surface area contributed by atoms with E-state index in [2.05, 4.69) is 378 Å². The van der Waals surface area contributed by atoms with Crippen LogP contribution in [0.15, 0.2) is 400 Å². The standard InChI is InChI=1S/C37H30O2.C31H30O2.C30H26O3.C29H26O2/c1-38-23-25-11-13-29-21-31(17-15-27(29)19-25)37(32-18-16-28-20-26(24-39-2)12-14-30(28)22-32)35-9-5-3-7-33(35)34-8-4-6-10-36(34)37;1-21-17-25(15-13-23(21)19-32-3)31(26-16-14-24(20-33-4)22(2)18-26)29-11-7-5-9-27(29)28-10-6-8-12-30(28)31;1-32-19-21-11-15-23(16-12-21)30(24-17-13-22(14-18-24)20-33-2)27-9-5-3-7-25(27)29(31)26-8-4-6-10-28(26)30;1-30-19-21-11-15-23(16-12-21)29(24-17-13-22(14-18-24)20-31-2)27-9-5-3-7-25(27)26-8-4-6-10-28(26)29/h3-22H,23-24H2,1-2H3;5-18H,19-20H2,1-4H3;3-18H,19-20H2,1-2H3;3-18H,19-20H2,1-2H3. The van der Waals surface area contributed by atoms with Crippen LogP contribution in [0.4, 0.5) is 0 Å². The van der Waals surface area contributed by atoms with Crippen LogP contribution in [0, 0.1) is 13.8 Å². The normalized spacial score (nSPS) is 13.6. The summed E-state index contributed by atoms with van der Waals surface area (Å²) in [6.45, 7) is 9.20. The molecule has 9 nitrogen and oxygen atoms in total. The van der Waals surface area contributed by atoms with Crippen molar-refractivity contribution in [3.8, 4) is 33.4 Å². The van der Waals surface area contributed by atoms with E-state index in [1.807, 2.05) is 36.4 Å². The molecule has 0 heterocycles. The van der Waals surface area contributed by atoms with Gasteiger partial charge in [0.1, 0.15) is 0 Å². The SMILES string of the molecule is COCc1ccc(C2(c3ccc(COC)c(C)c3)c3ccccc3-c3ccccc32)cc1C.COCc1ccc(C2(c3ccc(COC)cc3)c3ccccc3-c3ccccc32)cc1.COCc1ccc(C2(c3ccc(COC)cc3)c3ccccc3C(=O)c3ccccc32)cc1.COCc1ccc2cc(C3(c4ccc5cc(COC)ccc5c4)c4ccccc4-c4ccccc43)ccc2c1. The van der Waals surface area contributed by atoms with Crippen LogP contribution in [0.5, 0.6) is 0 Å². The quantitative estimate of drug-likeness (QED) is 0.0587. The van der Waals surface area contributed by atoms with Crippen LogP contribution in [0.2, 0.25) is 0 Å². The van der Waals surface area contributed by atoms with Crippen molar-refractivity contribution in [2.24, 2.45) is 0 Å². The number of methoxy groups -OCH3 is 8. The van der Waals surface area contributed by atoms with Gasteiger partial charge < -0.3 is 37.9 Å². The highest BCUT2D eigenvalue weighted by atomic mass is 16.5. The Hall–Kier alpha value is -14.2. The molecule has 4 aliphatic carbocycles. The van der Waals surface area contributed by atoms with E-state index in [-0.39, 0.29) is 16.6 Å². The zero-order valence-electron chi connectivity index (χ0n) is 78.9. The Bertz CT molecular complexity index is 6950. The van der Waals surface area contributed by atoms with Crippen molar-refractivity contribution in [2.75, 3.05) is 56.9 Å². The molecule has 18 aromatic carbocycles. The average Bonchev–Trinajstić information content (AvgIpc) is 0.950. The Labute approximate surface area is 799 Å². The molecule has 9 heteroatoms. The Kier molecular flexibility index (Phi) is 26.6. The van der Waals surface area contributed by atoms with Gasteiger partial charge in [0.15, 0.2) is 5.78 Å². The number of rotatable bonds is 24. The summed E-state index contributed by atoms with van der Waals surface area (Å²) in [4.78, 5) is 13.5. The highest BCUT2D eigenvalue weighted by Gasteiger charge is 2.51. The summed E-state index contributed by atoms with van der Waals surface area (Å²) in [6, 6.07) is 145. The van der Waals surface area contributed by atoms with Crippen LogP contribution in [-0.4, -0.2) is 62.7 Å². The Morgan fingerprint density at radius 1 is 0.176 bits per heavy atom. The number of carbonyl (C=O) groups excluding carboxylic acids is 1. The first-order chi connectivity index (χ1) is 66.8. The van der Waals surface area contributed by atoms with Crippen molar-refractivity contribution in [2.45, 2.75) is 88.4 Å². The van der Waals surface area contributed by atoms with Crippen molar-refractivity contribution in [1.29, 1.82) is 0 Å². The van der Waals surface area contributed by atoms with Crippen LogP contribution in [0.1, 0.15) is 161 Å². The maximum Gasteiger partial charge on any atom is 0.193 e. The summed E-state index contributed by atoms with van der Waals surface area (Å²) >= 11 is 0. The van der Waals surface area contributed by atoms with E-state index in [9.17, 15) is 4.79 Å². The molecule has 136 heavy (non-hydrogen) atoms. The van der Waals surface area contributed by atoms with E-state index in [1.165, 1.54) is 166 Å². The minimum atomic E-state index is -0.613. The first-order valence-electron chi connectivity index (χ1n) is 46.7. The Morgan fingerprint density at radius 3 is 0.610 bits per heavy atom. The summed E-state index contributed by atoms with van der Waals surface area (Å²) in [5, 5.41) is 4.93. The van der Waals surface area contributed by atoms with Crippen molar-refractivity contribution >= 4 is 27.3 Å². The average molecular weight is 1780 g/mol. The first kappa shape index (κ1) is 91.0. The van der Waals surface area contributed by atoms with Crippen LogP contribution in [0.3, 0.4) is 0 Å². The smallest absolute Gasteiger partial charge is 0.193 e. The minimum Gasteiger partial charge on any atom is -0.380 e. The van der Waals surface area contributed by atoms with Gasteiger partial charge in [0.25, 0.3) is 0 Å². The molecule has 674 valence electrons. The predicted molar refractivity (Wildman–Crippen MR) is 550 cm³/mol. The molecule has 4 aliphatic rings. The van der Waals surface area contributed by atoms with Gasteiger partial charge in [-0.15, -0.1) is 0 Å². The molecule has 0 aromatic heterocycles. The molecule has 0 saturated carbocycles. The molecule has 0 radical (unpaired) electrons. The van der Waals surface area contributed by atoms with Crippen LogP contribution < -0.4 is 0 Å². The molecule has 0 fully saturated rings. The third-order valence-electron chi connectivity index (χ3n) is 28.2. The number of hydrogen-bond acceptors (Lipinski definition) is 9. The van der Waals surface area contributed by atoms with E-state index in [0.29, 0.717) is 52.9 Å². The highest BCUT2D eigenvalue weighted by Crippen LogP contribution is 2.61. The predicted octanol–water partition coefficient (Wildman–Crippen LogP) is 27.9. The monoisotopic (exact) mass is 1780 g/mol. The molecule has 22 rings (SSSR count). The molecule has 0 amide bonds. The van der Waals surface area contributed by atoms with Crippen molar-refractivity contribution in [3.05, 3.63) is 556 Å². The van der Waals surface area contributed by atoms with Gasteiger partial charge in [-0.05, 0) is 238 Å². The van der Waals surface area contributed by atoms with Gasteiger partial charge in [0.05, 0.1) is 74.5 Å². The van der Waals surface area contributed by atoms with E-state index in [1.54, 1.807) is 56.9 Å². The maximum atomic E-state index is 13.5. The number of hydrogen-bond donors (Lipinski definition) is 0. The molecule has 0 saturated heterocycles. The fourth-order valence-corrected chi connectivity index (χ4v) is 22.3. The van der Waals surface area contributed by atoms with Crippen molar-refractivity contribution in [1.82, 2.24) is 0 Å². The molecule has 0 bridgehead atoms. The first-order valence-corrected chi connectivity index (χ1v) is 46.7. The number of benzene rings is 18. The molecular weight excluding hydrogens is 1670 g/mol. The second-order valence-electron chi connectivity index (χ2n) is 36.0. The number of fused-ring (bicyclic) bond motifs is 13. The van der Waals surface area contributed by atoms with Gasteiger partial charge in [-0.3, -0.25) is 4.79 Å². The fourth-order valence-electron chi connectivity index (χ4n) is 22.3. The highest BCUT2D eigenvalue weighted by molar-refractivity contribution is 6.14. The lowest BCUT2D eigenvalue weighted by atomic mass is 9.59. The summed E-state index contributed by atoms with van der Waals surface area (Å²) in [7, 11) is 13.9. The van der Waals surface area contributed by atoms with Gasteiger partial charge in [0.2, 0.25) is 0 Å². The van der Waals surface area contributed by atoms with E-state index < -0.39 is 10.8 Å². The number of carbonyl (C=O) groups is 1. The van der Waals surface area contributed by atoms with Gasteiger partial charge >= 0.3 is 0 Å². The number of ketones is 1. The maximum absolute atomic E-state index is 13.5. The molecular formula is C127H112O9. The zero-order chi connectivity index (χ0) is 93.5. The van der Waals surface area contributed by atoms with Crippen LogP contribution >= 0.6 is 0 Å². The summed E-state index contributed by atoms with van der Waals surface area (Å²) in [5.74, 6) is 0.0730. The lowest BCUT2D eigenvalue weighted by molar-refractivity contribution is 0.103. The number of aryl methyl sites for hydroxylation is 2. The fraction of sp³-hybridized carbons (Fsp3) is 0.173. The second-order valence-corrected chi connectivity index (χ2v) is 36.0. The third-order valence-corrected chi connectivity index (χ3v) is 28.2. The van der Waals surface area contributed by atoms with Crippen LogP contribution in [0.25, 0.3) is 54.9 Å². The van der Waals surface area contributed by atoms with Crippen molar-refractivity contribution in [3.63, 3.8) is 0 Å². The molecule has 18 aromatic rings. The molecule has 0 N–H and O–H groups in total. The minimum absolute atomic E-state index is 0.0730. The van der Waals surface area contributed by atoms with Crippen molar-refractivity contribution < 1.29 is 42.7 Å². The lowest BCUT2D eigenvalue weighted by Crippen LogP contribution is -2.38. The lowest BCUT2D eigenvalue weighted by Gasteiger charge is -2.41. The molecule has 0 spiro atoms. The summed E-state index contributed by atoms with van der Waals surface area (Å²) < 4.78 is 43.0. The van der Waals surface area contributed by atoms with Gasteiger partial charge in [-0.2, -0.15) is 0 Å². The molecule has 0 unspecified atom stereocenters. The summed E-state index contributed by atoms with van der Waals surface area (Å²) in [6.07, 6.45) is 0. The van der Waals surface area contributed by atoms with E-state index in [0.717, 1.165) is 44.5 Å². The Balaban J connectivity index is 0.000000117. The third kappa shape index (κ3) is 16.1.